The Bertz CT molecular complexity index is 555. The minimum atomic E-state index is -0.502. The molecule has 4 atom stereocenters. The fraction of sp³-hybridized carbons (Fsp3) is 0.538. The van der Waals surface area contributed by atoms with Crippen LogP contribution in [0.5, 0.6) is 0 Å². The normalized spacial score (nSPS) is 28.9. The van der Waals surface area contributed by atoms with Crippen molar-refractivity contribution in [1.29, 1.82) is 0 Å². The number of amides is 1. The zero-order valence-electron chi connectivity index (χ0n) is 11.5. The van der Waals surface area contributed by atoms with E-state index in [0.717, 1.165) is 6.42 Å². The maximum Gasteiger partial charge on any atom is 0.271 e. The molecular formula is C13H18N5O2+. The highest BCUT2D eigenvalue weighted by Gasteiger charge is 2.46. The zero-order chi connectivity index (χ0) is 14.7. The average Bonchev–Trinajstić information content (AvgIpc) is 2.76. The Morgan fingerprint density at radius 1 is 1.65 bits per heavy atom. The van der Waals surface area contributed by atoms with Gasteiger partial charge in [-0.1, -0.05) is 19.0 Å². The van der Waals surface area contributed by atoms with E-state index in [9.17, 15) is 4.79 Å². The lowest BCUT2D eigenvalue weighted by molar-refractivity contribution is -0.760. The summed E-state index contributed by atoms with van der Waals surface area (Å²) in [5.74, 6) is -0.386. The zero-order valence-corrected chi connectivity index (χ0v) is 11.5. The maximum atomic E-state index is 11.2. The third-order valence-corrected chi connectivity index (χ3v) is 3.72. The van der Waals surface area contributed by atoms with Crippen molar-refractivity contribution in [2.75, 3.05) is 0 Å². The van der Waals surface area contributed by atoms with Crippen molar-refractivity contribution in [1.82, 2.24) is 0 Å². The van der Waals surface area contributed by atoms with Crippen molar-refractivity contribution in [2.24, 2.45) is 16.8 Å². The highest BCUT2D eigenvalue weighted by Crippen LogP contribution is 2.34. The molecule has 0 saturated carbocycles. The molecule has 7 nitrogen and oxygen atoms in total. The quantitative estimate of drug-likeness (QED) is 0.391. The Kier molecular flexibility index (Phi) is 4.22. The number of nitrogens with zero attached hydrogens (tertiary/aromatic N) is 4. The maximum absolute atomic E-state index is 11.2. The van der Waals surface area contributed by atoms with Gasteiger partial charge in [0.1, 0.15) is 11.6 Å². The number of ether oxygens (including phenoxy) is 1. The molecule has 1 saturated heterocycles. The summed E-state index contributed by atoms with van der Waals surface area (Å²) in [5, 5.41) is 3.85. The number of rotatable bonds is 4. The molecule has 7 heteroatoms. The highest BCUT2D eigenvalue weighted by molar-refractivity contribution is 5.92. The molecule has 1 aromatic rings. The molecule has 2 rings (SSSR count). The second-order valence-corrected chi connectivity index (χ2v) is 4.93. The number of hydrogen-bond acceptors (Lipinski definition) is 3. The van der Waals surface area contributed by atoms with E-state index in [1.165, 1.54) is 0 Å². The summed E-state index contributed by atoms with van der Waals surface area (Å²) in [6.45, 7) is 4.03. The van der Waals surface area contributed by atoms with Gasteiger partial charge in [-0.15, -0.1) is 0 Å². The number of azide groups is 1. The Balaban J connectivity index is 2.37. The molecule has 2 N–H and O–H groups in total. The second-order valence-electron chi connectivity index (χ2n) is 4.93. The minimum Gasteiger partial charge on any atom is -0.365 e. The molecule has 1 aliphatic heterocycles. The molecule has 1 fully saturated rings. The van der Waals surface area contributed by atoms with Crippen LogP contribution in [0.25, 0.3) is 10.4 Å². The smallest absolute Gasteiger partial charge is 0.271 e. The van der Waals surface area contributed by atoms with E-state index < -0.39 is 12.1 Å². The van der Waals surface area contributed by atoms with Gasteiger partial charge in [0, 0.05) is 16.9 Å². The van der Waals surface area contributed by atoms with E-state index in [1.807, 2.05) is 13.8 Å². The lowest BCUT2D eigenvalue weighted by Crippen LogP contribution is -2.44. The predicted molar refractivity (Wildman–Crippen MR) is 71.5 cm³/mol. The van der Waals surface area contributed by atoms with Crippen LogP contribution >= 0.6 is 0 Å². The van der Waals surface area contributed by atoms with Gasteiger partial charge in [0.15, 0.2) is 12.4 Å². The van der Waals surface area contributed by atoms with Gasteiger partial charge in [-0.25, -0.2) is 0 Å². The van der Waals surface area contributed by atoms with E-state index in [0.29, 0.717) is 5.56 Å². The lowest BCUT2D eigenvalue weighted by Gasteiger charge is -2.11. The summed E-state index contributed by atoms with van der Waals surface area (Å²) in [5.41, 5.74) is 14.4. The van der Waals surface area contributed by atoms with E-state index in [-0.39, 0.29) is 18.1 Å². The number of hydrogen-bond donors (Lipinski definition) is 1. The van der Waals surface area contributed by atoms with Crippen LogP contribution in [-0.4, -0.2) is 18.1 Å². The summed E-state index contributed by atoms with van der Waals surface area (Å²) in [6.07, 6.45) is 3.86. The first kappa shape index (κ1) is 14.3. The topological polar surface area (TPSA) is 105 Å². The Hall–Kier alpha value is -2.11. The first-order chi connectivity index (χ1) is 9.58. The van der Waals surface area contributed by atoms with Gasteiger partial charge in [0.25, 0.3) is 12.1 Å². The number of aromatic nitrogens is 1. The van der Waals surface area contributed by atoms with Crippen LogP contribution in [0.4, 0.5) is 0 Å². The Morgan fingerprint density at radius 3 is 3.00 bits per heavy atom. The van der Waals surface area contributed by atoms with Crippen LogP contribution in [0.3, 0.4) is 0 Å². The third-order valence-electron chi connectivity index (χ3n) is 3.72. The Labute approximate surface area is 117 Å². The molecule has 0 aliphatic carbocycles. The molecule has 1 amide bonds. The molecule has 20 heavy (non-hydrogen) atoms. The van der Waals surface area contributed by atoms with Crippen LogP contribution in [0.2, 0.25) is 0 Å². The summed E-state index contributed by atoms with van der Waals surface area (Å²) in [4.78, 5) is 14.2. The fourth-order valence-corrected chi connectivity index (χ4v) is 2.60. The molecular weight excluding hydrogens is 258 g/mol. The monoisotopic (exact) mass is 276 g/mol. The third kappa shape index (κ3) is 2.59. The SMILES string of the molecule is CC[C@H]1O[C@@H]([n+]2cccc(C(N)=O)c2)[C@H](N=[N+]=[N-])[C@@H]1C. The molecule has 106 valence electrons. The van der Waals surface area contributed by atoms with E-state index in [2.05, 4.69) is 10.0 Å². The van der Waals surface area contributed by atoms with Crippen molar-refractivity contribution in [3.63, 3.8) is 0 Å². The fourth-order valence-electron chi connectivity index (χ4n) is 2.60. The standard InChI is InChI=1S/C13H17N5O2/c1-3-10-8(2)11(16-17-15)13(20-10)18-6-4-5-9(7-18)12(14)19/h4-8,10-11,13H,3H2,1-2H3,(H-,14,19)/p+1/t8-,10-,11-,13-/m1/s1. The van der Waals surface area contributed by atoms with Gasteiger partial charge in [0.05, 0.1) is 6.10 Å². The number of primary amides is 1. The van der Waals surface area contributed by atoms with Gasteiger partial charge in [-0.3, -0.25) is 4.79 Å². The predicted octanol–water partition coefficient (Wildman–Crippen LogP) is 1.70. The van der Waals surface area contributed by atoms with Crippen LogP contribution in [0.1, 0.15) is 36.9 Å². The van der Waals surface area contributed by atoms with Crippen molar-refractivity contribution in [3.05, 3.63) is 40.5 Å². The molecule has 0 radical (unpaired) electrons. The number of nitrogens with two attached hydrogens (primary N) is 1. The highest BCUT2D eigenvalue weighted by atomic mass is 16.5. The van der Waals surface area contributed by atoms with Crippen molar-refractivity contribution in [2.45, 2.75) is 38.6 Å². The molecule has 1 aliphatic rings. The van der Waals surface area contributed by atoms with Crippen molar-refractivity contribution in [3.8, 4) is 0 Å². The molecule has 0 unspecified atom stereocenters. The number of pyridine rings is 1. The van der Waals surface area contributed by atoms with Gasteiger partial charge in [-0.2, -0.15) is 4.57 Å². The summed E-state index contributed by atoms with van der Waals surface area (Å²) in [6, 6.07) is 3.05. The van der Waals surface area contributed by atoms with Gasteiger partial charge < -0.3 is 10.5 Å². The second kappa shape index (κ2) is 5.90. The van der Waals surface area contributed by atoms with Crippen molar-refractivity contribution < 1.29 is 14.1 Å². The van der Waals surface area contributed by atoms with Crippen LogP contribution in [-0.2, 0) is 4.74 Å². The molecule has 0 bridgehead atoms. The van der Waals surface area contributed by atoms with E-state index in [4.69, 9.17) is 16.0 Å². The summed E-state index contributed by atoms with van der Waals surface area (Å²) < 4.78 is 7.70. The van der Waals surface area contributed by atoms with Crippen LogP contribution in [0.15, 0.2) is 29.6 Å². The van der Waals surface area contributed by atoms with Gasteiger partial charge in [0.2, 0.25) is 0 Å². The van der Waals surface area contributed by atoms with E-state index >= 15 is 0 Å². The lowest BCUT2D eigenvalue weighted by atomic mass is 9.97. The molecule has 0 aromatic carbocycles. The summed E-state index contributed by atoms with van der Waals surface area (Å²) >= 11 is 0. The number of carbonyl (C=O) groups is 1. The average molecular weight is 276 g/mol. The minimum absolute atomic E-state index is 0.0280. The largest absolute Gasteiger partial charge is 0.365 e. The number of carbonyl (C=O) groups excluding carboxylic acids is 1. The van der Waals surface area contributed by atoms with Gasteiger partial charge >= 0.3 is 0 Å². The van der Waals surface area contributed by atoms with Crippen LogP contribution < -0.4 is 10.3 Å². The molecule has 2 heterocycles. The van der Waals surface area contributed by atoms with Crippen LogP contribution in [0, 0.1) is 5.92 Å². The molecule has 0 spiro atoms. The first-order valence-corrected chi connectivity index (χ1v) is 6.58. The van der Waals surface area contributed by atoms with E-state index in [1.54, 1.807) is 29.1 Å². The molecule has 1 aromatic heterocycles. The summed E-state index contributed by atoms with van der Waals surface area (Å²) in [7, 11) is 0. The van der Waals surface area contributed by atoms with Gasteiger partial charge in [-0.05, 0) is 18.0 Å². The Morgan fingerprint density at radius 2 is 2.40 bits per heavy atom. The van der Waals surface area contributed by atoms with Crippen molar-refractivity contribution >= 4 is 5.91 Å². The first-order valence-electron chi connectivity index (χ1n) is 6.58.